The fourth-order valence-corrected chi connectivity index (χ4v) is 3.23. The minimum Gasteiger partial charge on any atom is -0.329 e. The van der Waals surface area contributed by atoms with Crippen molar-refractivity contribution in [3.05, 3.63) is 0 Å². The number of rotatable bonds is 6. The summed E-state index contributed by atoms with van der Waals surface area (Å²) in [5.41, 5.74) is 6.37. The summed E-state index contributed by atoms with van der Waals surface area (Å²) in [5.74, 6) is 0.972. The molecule has 1 rings (SSSR count). The van der Waals surface area contributed by atoms with Crippen LogP contribution in [-0.2, 0) is 0 Å². The maximum absolute atomic E-state index is 6.05. The maximum Gasteiger partial charge on any atom is 0.0328 e. The van der Waals surface area contributed by atoms with Crippen molar-refractivity contribution in [2.45, 2.75) is 64.3 Å². The van der Waals surface area contributed by atoms with Gasteiger partial charge in [-0.25, -0.2) is 0 Å². The molecule has 0 saturated heterocycles. The van der Waals surface area contributed by atoms with E-state index in [-0.39, 0.29) is 0 Å². The zero-order valence-electron chi connectivity index (χ0n) is 11.5. The molecule has 0 bridgehead atoms. The van der Waals surface area contributed by atoms with E-state index in [0.29, 0.717) is 5.54 Å². The highest BCUT2D eigenvalue weighted by Crippen LogP contribution is 2.37. The second-order valence-electron chi connectivity index (χ2n) is 5.58. The summed E-state index contributed by atoms with van der Waals surface area (Å²) in [5, 5.41) is 0. The Balaban J connectivity index is 2.50. The van der Waals surface area contributed by atoms with Gasteiger partial charge in [0.2, 0.25) is 0 Å². The third-order valence-corrected chi connectivity index (χ3v) is 4.48. The fraction of sp³-hybridized carbons (Fsp3) is 1.00. The fourth-order valence-electron chi connectivity index (χ4n) is 3.23. The molecule has 0 aromatic carbocycles. The van der Waals surface area contributed by atoms with Crippen molar-refractivity contribution in [2.24, 2.45) is 11.7 Å². The zero-order chi connectivity index (χ0) is 12.0. The lowest BCUT2D eigenvalue weighted by Crippen LogP contribution is -2.54. The van der Waals surface area contributed by atoms with Crippen molar-refractivity contribution in [3.8, 4) is 0 Å². The lowest BCUT2D eigenvalue weighted by atomic mass is 9.74. The summed E-state index contributed by atoms with van der Waals surface area (Å²) in [6.07, 6.45) is 9.38. The lowest BCUT2D eigenvalue weighted by Gasteiger charge is -2.46. The van der Waals surface area contributed by atoms with E-state index in [2.05, 4.69) is 25.8 Å². The molecule has 96 valence electrons. The molecule has 0 heterocycles. The van der Waals surface area contributed by atoms with Crippen molar-refractivity contribution in [3.63, 3.8) is 0 Å². The summed E-state index contributed by atoms with van der Waals surface area (Å²) < 4.78 is 0. The van der Waals surface area contributed by atoms with Crippen LogP contribution in [0.25, 0.3) is 0 Å². The molecule has 1 fully saturated rings. The maximum atomic E-state index is 6.05. The first kappa shape index (κ1) is 14.0. The van der Waals surface area contributed by atoms with Crippen LogP contribution >= 0.6 is 0 Å². The summed E-state index contributed by atoms with van der Waals surface area (Å²) in [7, 11) is 2.26. The van der Waals surface area contributed by atoms with Gasteiger partial charge < -0.3 is 5.73 Å². The van der Waals surface area contributed by atoms with Gasteiger partial charge >= 0.3 is 0 Å². The van der Waals surface area contributed by atoms with Gasteiger partial charge in [-0.3, -0.25) is 4.90 Å². The predicted octanol–water partition coefficient (Wildman–Crippen LogP) is 3.02. The van der Waals surface area contributed by atoms with Gasteiger partial charge in [0.05, 0.1) is 0 Å². The van der Waals surface area contributed by atoms with E-state index >= 15 is 0 Å². The first-order valence-corrected chi connectivity index (χ1v) is 7.09. The number of nitrogens with two attached hydrogens (primary N) is 1. The second kappa shape index (κ2) is 6.61. The average molecular weight is 226 g/mol. The summed E-state index contributed by atoms with van der Waals surface area (Å²) in [6, 6.07) is 0. The molecule has 0 spiro atoms. The van der Waals surface area contributed by atoms with E-state index in [1.54, 1.807) is 0 Å². The van der Waals surface area contributed by atoms with Crippen molar-refractivity contribution in [1.29, 1.82) is 0 Å². The first-order valence-electron chi connectivity index (χ1n) is 7.09. The zero-order valence-corrected chi connectivity index (χ0v) is 11.5. The van der Waals surface area contributed by atoms with Crippen LogP contribution in [0.2, 0.25) is 0 Å². The van der Waals surface area contributed by atoms with Crippen LogP contribution in [0.3, 0.4) is 0 Å². The molecule has 1 aliphatic rings. The molecule has 1 saturated carbocycles. The number of hydrogen-bond acceptors (Lipinski definition) is 2. The SMILES string of the molecule is CCCC1CCC(CN)(N(C)CCC)CC1. The Morgan fingerprint density at radius 3 is 2.25 bits per heavy atom. The Kier molecular flexibility index (Phi) is 5.77. The van der Waals surface area contributed by atoms with Gasteiger partial charge in [-0.05, 0) is 51.6 Å². The molecule has 0 aliphatic heterocycles. The summed E-state index contributed by atoms with van der Waals surface area (Å²) in [6.45, 7) is 6.58. The number of likely N-dealkylation sites (N-methyl/N-ethyl adjacent to an activating group) is 1. The molecule has 0 atom stereocenters. The van der Waals surface area contributed by atoms with Gasteiger partial charge in [-0.2, -0.15) is 0 Å². The molecule has 2 nitrogen and oxygen atoms in total. The van der Waals surface area contributed by atoms with Crippen LogP contribution in [-0.4, -0.2) is 30.6 Å². The van der Waals surface area contributed by atoms with Crippen LogP contribution in [0.5, 0.6) is 0 Å². The average Bonchev–Trinajstić information content (AvgIpc) is 2.31. The quantitative estimate of drug-likeness (QED) is 0.754. The van der Waals surface area contributed by atoms with Gasteiger partial charge in [0.25, 0.3) is 0 Å². The molecular weight excluding hydrogens is 196 g/mol. The van der Waals surface area contributed by atoms with Crippen LogP contribution in [0.1, 0.15) is 58.8 Å². The van der Waals surface area contributed by atoms with E-state index in [0.717, 1.165) is 12.5 Å². The topological polar surface area (TPSA) is 29.3 Å². The third-order valence-electron chi connectivity index (χ3n) is 4.48. The molecular formula is C14H30N2. The van der Waals surface area contributed by atoms with Gasteiger partial charge in [-0.1, -0.05) is 26.7 Å². The van der Waals surface area contributed by atoms with Crippen molar-refractivity contribution in [2.75, 3.05) is 20.1 Å². The molecule has 2 N–H and O–H groups in total. The Morgan fingerprint density at radius 1 is 1.19 bits per heavy atom. The smallest absolute Gasteiger partial charge is 0.0328 e. The van der Waals surface area contributed by atoms with E-state index < -0.39 is 0 Å². The highest BCUT2D eigenvalue weighted by atomic mass is 15.2. The number of hydrogen-bond donors (Lipinski definition) is 1. The molecule has 0 radical (unpaired) electrons. The van der Waals surface area contributed by atoms with Gasteiger partial charge in [-0.15, -0.1) is 0 Å². The van der Waals surface area contributed by atoms with Gasteiger partial charge in [0.1, 0.15) is 0 Å². The summed E-state index contributed by atoms with van der Waals surface area (Å²) >= 11 is 0. The largest absolute Gasteiger partial charge is 0.329 e. The monoisotopic (exact) mass is 226 g/mol. The minimum absolute atomic E-state index is 0.320. The molecule has 0 unspecified atom stereocenters. The first-order chi connectivity index (χ1) is 7.68. The highest BCUT2D eigenvalue weighted by Gasteiger charge is 2.36. The van der Waals surface area contributed by atoms with Crippen molar-refractivity contribution in [1.82, 2.24) is 4.90 Å². The summed E-state index contributed by atoms with van der Waals surface area (Å²) in [4.78, 5) is 2.52. The van der Waals surface area contributed by atoms with Gasteiger partial charge in [0.15, 0.2) is 0 Å². The van der Waals surface area contributed by atoms with E-state index in [4.69, 9.17) is 5.73 Å². The van der Waals surface area contributed by atoms with Crippen molar-refractivity contribution >= 4 is 0 Å². The van der Waals surface area contributed by atoms with Crippen LogP contribution in [0, 0.1) is 5.92 Å². The molecule has 2 heteroatoms. The molecule has 0 aromatic rings. The lowest BCUT2D eigenvalue weighted by molar-refractivity contribution is 0.0631. The standard InChI is InChI=1S/C14H30N2/c1-4-6-13-7-9-14(12-15,10-8-13)16(3)11-5-2/h13H,4-12,15H2,1-3H3. The Hall–Kier alpha value is -0.0800. The van der Waals surface area contributed by atoms with Crippen LogP contribution in [0.4, 0.5) is 0 Å². The molecule has 0 aromatic heterocycles. The Bertz CT molecular complexity index is 183. The Labute approximate surface area is 102 Å². The van der Waals surface area contributed by atoms with Crippen LogP contribution in [0.15, 0.2) is 0 Å². The second-order valence-corrected chi connectivity index (χ2v) is 5.58. The molecule has 1 aliphatic carbocycles. The van der Waals surface area contributed by atoms with Gasteiger partial charge in [0, 0.05) is 12.1 Å². The molecule has 0 amide bonds. The normalized spacial score (nSPS) is 30.9. The van der Waals surface area contributed by atoms with Crippen molar-refractivity contribution < 1.29 is 0 Å². The van der Waals surface area contributed by atoms with E-state index in [1.165, 1.54) is 51.5 Å². The highest BCUT2D eigenvalue weighted by molar-refractivity contribution is 4.94. The van der Waals surface area contributed by atoms with E-state index in [1.807, 2.05) is 0 Å². The third kappa shape index (κ3) is 3.21. The minimum atomic E-state index is 0.320. The molecule has 16 heavy (non-hydrogen) atoms. The van der Waals surface area contributed by atoms with E-state index in [9.17, 15) is 0 Å². The predicted molar refractivity (Wildman–Crippen MR) is 71.6 cm³/mol. The number of nitrogens with zero attached hydrogens (tertiary/aromatic N) is 1. The Morgan fingerprint density at radius 2 is 1.81 bits per heavy atom. The van der Waals surface area contributed by atoms with Crippen LogP contribution < -0.4 is 5.73 Å².